The van der Waals surface area contributed by atoms with E-state index in [1.54, 1.807) is 35.5 Å². The summed E-state index contributed by atoms with van der Waals surface area (Å²) in [4.78, 5) is 21.9. The average molecular weight is 475 g/mol. The summed E-state index contributed by atoms with van der Waals surface area (Å²) < 4.78 is 12.0. The standard InChI is InChI=1S/C23H26N10O2/c1-6-19(34)33-18(11-15(27-33)13-35-5)25-21-20-14(2)16(17-7-9-31(4)28-17)12-32(20)29-22(26-21)23-24-8-10-30(23)3/h7-12H,6,13H2,1-5H3,(H,25,26,29). The second-order valence-electron chi connectivity index (χ2n) is 8.22. The van der Waals surface area contributed by atoms with Gasteiger partial charge >= 0.3 is 0 Å². The summed E-state index contributed by atoms with van der Waals surface area (Å²) in [6, 6.07) is 3.74. The number of ether oxygens (including phenoxy) is 1. The van der Waals surface area contributed by atoms with E-state index in [0.29, 0.717) is 35.4 Å². The van der Waals surface area contributed by atoms with Gasteiger partial charge in [-0.25, -0.2) is 14.5 Å². The van der Waals surface area contributed by atoms with E-state index in [-0.39, 0.29) is 12.5 Å². The van der Waals surface area contributed by atoms with Crippen molar-refractivity contribution < 1.29 is 9.53 Å². The van der Waals surface area contributed by atoms with Gasteiger partial charge in [0, 0.05) is 64.0 Å². The minimum Gasteiger partial charge on any atom is -0.378 e. The number of hydrogen-bond acceptors (Lipinski definition) is 8. The van der Waals surface area contributed by atoms with Gasteiger partial charge in [-0.1, -0.05) is 6.92 Å². The molecule has 5 heterocycles. The molecule has 0 amide bonds. The number of carbonyl (C=O) groups excluding carboxylic acids is 1. The molecule has 0 aromatic carbocycles. The highest BCUT2D eigenvalue weighted by atomic mass is 16.5. The average Bonchev–Trinajstić information content (AvgIpc) is 3.61. The minimum absolute atomic E-state index is 0.148. The van der Waals surface area contributed by atoms with Crippen LogP contribution in [0.25, 0.3) is 28.4 Å². The van der Waals surface area contributed by atoms with E-state index in [1.807, 2.05) is 50.2 Å². The van der Waals surface area contributed by atoms with E-state index >= 15 is 0 Å². The second-order valence-corrected chi connectivity index (χ2v) is 8.22. The Morgan fingerprint density at radius 1 is 1.17 bits per heavy atom. The molecule has 0 spiro atoms. The number of imidazole rings is 1. The summed E-state index contributed by atoms with van der Waals surface area (Å²) in [5.41, 5.74) is 4.09. The van der Waals surface area contributed by atoms with E-state index < -0.39 is 0 Å². The summed E-state index contributed by atoms with van der Waals surface area (Å²) in [7, 11) is 5.35. The van der Waals surface area contributed by atoms with E-state index in [2.05, 4.69) is 20.5 Å². The van der Waals surface area contributed by atoms with Crippen molar-refractivity contribution in [1.82, 2.24) is 43.7 Å². The molecule has 0 unspecified atom stereocenters. The Labute approximate surface area is 201 Å². The summed E-state index contributed by atoms with van der Waals surface area (Å²) in [5.74, 6) is 1.91. The molecular formula is C23H26N10O2. The van der Waals surface area contributed by atoms with Gasteiger partial charge in [-0.15, -0.1) is 5.10 Å². The fraction of sp³-hybridized carbons (Fsp3) is 0.304. The molecule has 0 aliphatic rings. The third kappa shape index (κ3) is 3.97. The quantitative estimate of drug-likeness (QED) is 0.382. The van der Waals surface area contributed by atoms with Gasteiger partial charge in [-0.05, 0) is 18.6 Å². The number of methoxy groups -OCH3 is 1. The van der Waals surface area contributed by atoms with Gasteiger partial charge in [0.1, 0.15) is 11.3 Å². The van der Waals surface area contributed by atoms with Crippen LogP contribution in [0.4, 0.5) is 11.6 Å². The summed E-state index contributed by atoms with van der Waals surface area (Å²) in [6.07, 6.45) is 7.66. The van der Waals surface area contributed by atoms with Crippen LogP contribution in [0.5, 0.6) is 0 Å². The minimum atomic E-state index is -0.148. The van der Waals surface area contributed by atoms with Crippen molar-refractivity contribution in [3.8, 4) is 22.9 Å². The lowest BCUT2D eigenvalue weighted by Crippen LogP contribution is -2.15. The van der Waals surface area contributed by atoms with E-state index in [0.717, 1.165) is 22.3 Å². The van der Waals surface area contributed by atoms with Crippen LogP contribution in [0.15, 0.2) is 36.9 Å². The van der Waals surface area contributed by atoms with Crippen molar-refractivity contribution >= 4 is 23.1 Å². The van der Waals surface area contributed by atoms with Crippen molar-refractivity contribution in [2.24, 2.45) is 14.1 Å². The fourth-order valence-electron chi connectivity index (χ4n) is 4.01. The molecule has 12 nitrogen and oxygen atoms in total. The maximum atomic E-state index is 12.6. The number of nitrogens with zero attached hydrogens (tertiary/aromatic N) is 9. The Morgan fingerprint density at radius 2 is 2.00 bits per heavy atom. The lowest BCUT2D eigenvalue weighted by atomic mass is 10.1. The highest BCUT2D eigenvalue weighted by Gasteiger charge is 2.21. The van der Waals surface area contributed by atoms with Crippen LogP contribution in [-0.4, -0.2) is 56.7 Å². The Hall–Kier alpha value is -4.32. The van der Waals surface area contributed by atoms with Crippen molar-refractivity contribution in [1.29, 1.82) is 0 Å². The highest BCUT2D eigenvalue weighted by molar-refractivity contribution is 5.86. The summed E-state index contributed by atoms with van der Waals surface area (Å²) in [6.45, 7) is 4.08. The zero-order valence-corrected chi connectivity index (χ0v) is 20.2. The molecule has 5 aromatic heterocycles. The molecule has 0 aliphatic carbocycles. The van der Waals surface area contributed by atoms with Gasteiger partial charge in [0.2, 0.25) is 11.7 Å². The van der Waals surface area contributed by atoms with Gasteiger partial charge < -0.3 is 14.6 Å². The number of rotatable bonds is 7. The Morgan fingerprint density at radius 3 is 2.66 bits per heavy atom. The molecule has 35 heavy (non-hydrogen) atoms. The first kappa shape index (κ1) is 22.5. The predicted molar refractivity (Wildman–Crippen MR) is 129 cm³/mol. The Balaban J connectivity index is 1.71. The smallest absolute Gasteiger partial charge is 0.248 e. The number of nitrogens with one attached hydrogen (secondary N) is 1. The lowest BCUT2D eigenvalue weighted by molar-refractivity contribution is 0.0893. The predicted octanol–water partition coefficient (Wildman–Crippen LogP) is 2.98. The van der Waals surface area contributed by atoms with Gasteiger partial charge in [0.15, 0.2) is 11.6 Å². The molecule has 5 aromatic rings. The lowest BCUT2D eigenvalue weighted by Gasteiger charge is -2.11. The number of anilines is 2. The maximum absolute atomic E-state index is 12.6. The SMILES string of the molecule is CCC(=O)n1nc(COC)cc1Nc1nc(-c2nccn2C)nn2cc(-c3ccn(C)n3)c(C)c12. The van der Waals surface area contributed by atoms with Gasteiger partial charge in [0.05, 0.1) is 18.0 Å². The van der Waals surface area contributed by atoms with Crippen molar-refractivity contribution in [2.45, 2.75) is 26.9 Å². The first-order valence-corrected chi connectivity index (χ1v) is 11.1. The topological polar surface area (TPSA) is 122 Å². The molecule has 0 radical (unpaired) electrons. The number of fused-ring (bicyclic) bond motifs is 1. The normalized spacial score (nSPS) is 11.5. The van der Waals surface area contributed by atoms with Crippen LogP contribution >= 0.6 is 0 Å². The summed E-state index contributed by atoms with van der Waals surface area (Å²) in [5, 5.41) is 17.0. The molecule has 0 saturated carbocycles. The molecule has 0 bridgehead atoms. The van der Waals surface area contributed by atoms with Gasteiger partial charge in [0.25, 0.3) is 0 Å². The number of aryl methyl sites for hydroxylation is 3. The molecule has 5 rings (SSSR count). The van der Waals surface area contributed by atoms with Gasteiger partial charge in [-0.2, -0.15) is 14.9 Å². The van der Waals surface area contributed by atoms with E-state index in [4.69, 9.17) is 14.8 Å². The van der Waals surface area contributed by atoms with Crippen LogP contribution < -0.4 is 5.32 Å². The maximum Gasteiger partial charge on any atom is 0.248 e. The van der Waals surface area contributed by atoms with Crippen LogP contribution in [0.3, 0.4) is 0 Å². The molecule has 1 N–H and O–H groups in total. The first-order valence-electron chi connectivity index (χ1n) is 11.1. The molecule has 0 aliphatic heterocycles. The zero-order valence-electron chi connectivity index (χ0n) is 20.2. The van der Waals surface area contributed by atoms with Crippen molar-refractivity contribution in [3.63, 3.8) is 0 Å². The Kier molecular flexibility index (Phi) is 5.65. The highest BCUT2D eigenvalue weighted by Crippen LogP contribution is 2.32. The van der Waals surface area contributed by atoms with Crippen LogP contribution in [-0.2, 0) is 25.4 Å². The second kappa shape index (κ2) is 8.80. The third-order valence-corrected chi connectivity index (χ3v) is 5.73. The first-order chi connectivity index (χ1) is 16.9. The van der Waals surface area contributed by atoms with E-state index in [9.17, 15) is 4.79 Å². The third-order valence-electron chi connectivity index (χ3n) is 5.73. The van der Waals surface area contributed by atoms with Crippen LogP contribution in [0.2, 0.25) is 0 Å². The molecule has 0 saturated heterocycles. The number of aromatic nitrogens is 9. The zero-order chi connectivity index (χ0) is 24.7. The van der Waals surface area contributed by atoms with Crippen LogP contribution in [0, 0.1) is 6.92 Å². The fourth-order valence-corrected chi connectivity index (χ4v) is 4.01. The van der Waals surface area contributed by atoms with Crippen molar-refractivity contribution in [2.75, 3.05) is 12.4 Å². The van der Waals surface area contributed by atoms with Crippen LogP contribution in [0.1, 0.15) is 29.4 Å². The molecule has 180 valence electrons. The largest absolute Gasteiger partial charge is 0.378 e. The monoisotopic (exact) mass is 474 g/mol. The molecular weight excluding hydrogens is 448 g/mol. The number of hydrogen-bond donors (Lipinski definition) is 1. The summed E-state index contributed by atoms with van der Waals surface area (Å²) >= 11 is 0. The Bertz CT molecular complexity index is 1540. The van der Waals surface area contributed by atoms with Crippen molar-refractivity contribution in [3.05, 3.63) is 48.2 Å². The molecule has 0 fully saturated rings. The van der Waals surface area contributed by atoms with E-state index in [1.165, 1.54) is 4.68 Å². The molecule has 12 heteroatoms. The van der Waals surface area contributed by atoms with Gasteiger partial charge in [-0.3, -0.25) is 9.48 Å². The number of carbonyl (C=O) groups is 1. The molecule has 0 atom stereocenters.